The van der Waals surface area contributed by atoms with Crippen molar-refractivity contribution in [1.82, 2.24) is 4.31 Å². The summed E-state index contributed by atoms with van der Waals surface area (Å²) in [7, 11) is -1.37. The molecule has 0 spiro atoms. The Balaban J connectivity index is 1.72. The van der Waals surface area contributed by atoms with Gasteiger partial charge in [-0.1, -0.05) is 12.1 Å². The van der Waals surface area contributed by atoms with Gasteiger partial charge in [0.2, 0.25) is 0 Å². The average molecular weight is 443 g/mol. The number of nitrogens with zero attached hydrogens (tertiary/aromatic N) is 3. The van der Waals surface area contributed by atoms with Gasteiger partial charge in [-0.3, -0.25) is 4.79 Å². The van der Waals surface area contributed by atoms with Crippen molar-refractivity contribution < 1.29 is 17.9 Å². The van der Waals surface area contributed by atoms with E-state index in [0.717, 1.165) is 34.0 Å². The number of fused-ring (bicyclic) bond motifs is 1. The van der Waals surface area contributed by atoms with Crippen LogP contribution in [0.15, 0.2) is 40.4 Å². The summed E-state index contributed by atoms with van der Waals surface area (Å²) < 4.78 is 35.1. The third kappa shape index (κ3) is 3.36. The number of thiophene rings is 1. The molecule has 4 rings (SSSR count). The molecule has 1 amide bonds. The molecule has 1 aromatic heterocycles. The van der Waals surface area contributed by atoms with Crippen molar-refractivity contribution in [3.8, 4) is 11.8 Å². The van der Waals surface area contributed by atoms with E-state index in [0.29, 0.717) is 21.9 Å². The summed E-state index contributed by atoms with van der Waals surface area (Å²) >= 11 is 1.37. The molecule has 8 nitrogen and oxygen atoms in total. The molecule has 0 fully saturated rings. The van der Waals surface area contributed by atoms with Crippen molar-refractivity contribution in [3.05, 3.63) is 57.6 Å². The van der Waals surface area contributed by atoms with Crippen molar-refractivity contribution >= 4 is 38.2 Å². The SMILES string of the molecule is COc1ccccc1C1=NS(=O)(=O)N(C)C(C(=O)Nc2sc3c(c2C#N)CCC3)=C1. The first-order valence-corrected chi connectivity index (χ1v) is 11.4. The van der Waals surface area contributed by atoms with Crippen LogP contribution in [0.3, 0.4) is 0 Å². The van der Waals surface area contributed by atoms with Crippen LogP contribution < -0.4 is 10.1 Å². The topological polar surface area (TPSA) is 112 Å². The van der Waals surface area contributed by atoms with Crippen LogP contribution in [-0.2, 0) is 27.8 Å². The Labute approximate surface area is 178 Å². The van der Waals surface area contributed by atoms with E-state index < -0.39 is 16.1 Å². The second-order valence-electron chi connectivity index (χ2n) is 6.78. The second-order valence-corrected chi connectivity index (χ2v) is 9.51. The molecule has 154 valence electrons. The van der Waals surface area contributed by atoms with Crippen molar-refractivity contribution in [1.29, 1.82) is 5.26 Å². The van der Waals surface area contributed by atoms with Gasteiger partial charge in [-0.15, -0.1) is 15.7 Å². The number of aryl methyl sites for hydroxylation is 1. The van der Waals surface area contributed by atoms with Crippen LogP contribution in [0, 0.1) is 11.3 Å². The van der Waals surface area contributed by atoms with Crippen LogP contribution in [0.5, 0.6) is 5.75 Å². The van der Waals surface area contributed by atoms with E-state index >= 15 is 0 Å². The van der Waals surface area contributed by atoms with E-state index in [-0.39, 0.29) is 11.4 Å². The zero-order valence-electron chi connectivity index (χ0n) is 16.3. The predicted molar refractivity (Wildman–Crippen MR) is 114 cm³/mol. The summed E-state index contributed by atoms with van der Waals surface area (Å²) in [4.78, 5) is 14.1. The lowest BCUT2D eigenvalue weighted by molar-refractivity contribution is -0.113. The van der Waals surface area contributed by atoms with Gasteiger partial charge in [-0.25, -0.2) is 4.31 Å². The molecule has 0 atom stereocenters. The second kappa shape index (κ2) is 7.59. The van der Waals surface area contributed by atoms with E-state index in [4.69, 9.17) is 4.74 Å². The first-order valence-electron chi connectivity index (χ1n) is 9.15. The lowest BCUT2D eigenvalue weighted by Crippen LogP contribution is -2.35. The molecule has 2 heterocycles. The number of hydrogen-bond donors (Lipinski definition) is 1. The van der Waals surface area contributed by atoms with Gasteiger partial charge in [0, 0.05) is 17.5 Å². The van der Waals surface area contributed by atoms with Gasteiger partial charge >= 0.3 is 10.2 Å². The monoisotopic (exact) mass is 442 g/mol. The number of hydrogen-bond acceptors (Lipinski definition) is 6. The minimum Gasteiger partial charge on any atom is -0.496 e. The number of nitrogens with one attached hydrogen (secondary N) is 1. The van der Waals surface area contributed by atoms with Gasteiger partial charge in [0.15, 0.2) is 0 Å². The number of amides is 1. The number of methoxy groups -OCH3 is 1. The third-order valence-corrected chi connectivity index (χ3v) is 7.57. The smallest absolute Gasteiger partial charge is 0.345 e. The zero-order valence-corrected chi connectivity index (χ0v) is 17.9. The largest absolute Gasteiger partial charge is 0.496 e. The molecule has 1 aliphatic heterocycles. The first-order chi connectivity index (χ1) is 14.4. The highest BCUT2D eigenvalue weighted by molar-refractivity contribution is 7.88. The predicted octanol–water partition coefficient (Wildman–Crippen LogP) is 2.62. The fourth-order valence-electron chi connectivity index (χ4n) is 3.53. The van der Waals surface area contributed by atoms with Gasteiger partial charge in [-0.05, 0) is 43.0 Å². The zero-order chi connectivity index (χ0) is 21.5. The Morgan fingerprint density at radius 1 is 1.33 bits per heavy atom. The molecule has 0 saturated heterocycles. The van der Waals surface area contributed by atoms with E-state index in [1.807, 2.05) is 0 Å². The minimum absolute atomic E-state index is 0.0941. The molecular weight excluding hydrogens is 424 g/mol. The normalized spacial score (nSPS) is 16.9. The molecule has 0 bridgehead atoms. The van der Waals surface area contributed by atoms with E-state index in [1.54, 1.807) is 24.3 Å². The van der Waals surface area contributed by atoms with Crippen LogP contribution in [0.4, 0.5) is 5.00 Å². The maximum Gasteiger partial charge on any atom is 0.345 e. The molecular formula is C20H18N4O4S2. The third-order valence-electron chi connectivity index (χ3n) is 5.05. The van der Waals surface area contributed by atoms with Gasteiger partial charge in [0.1, 0.15) is 22.5 Å². The number of rotatable bonds is 4. The quantitative estimate of drug-likeness (QED) is 0.782. The summed E-state index contributed by atoms with van der Waals surface area (Å²) in [5, 5.41) is 12.7. The van der Waals surface area contributed by atoms with E-state index in [1.165, 1.54) is 31.6 Å². The Morgan fingerprint density at radius 3 is 2.83 bits per heavy atom. The summed E-state index contributed by atoms with van der Waals surface area (Å²) in [5.74, 6) is -0.187. The van der Waals surface area contributed by atoms with Crippen molar-refractivity contribution in [3.63, 3.8) is 0 Å². The summed E-state index contributed by atoms with van der Waals surface area (Å²) in [6.45, 7) is 0. The molecule has 2 aromatic rings. The molecule has 2 aliphatic rings. The molecule has 0 radical (unpaired) electrons. The lowest BCUT2D eigenvalue weighted by Gasteiger charge is -2.24. The average Bonchev–Trinajstić information content (AvgIpc) is 3.30. The number of likely N-dealkylation sites (N-methyl/N-ethyl adjacent to an activating group) is 1. The van der Waals surface area contributed by atoms with Gasteiger partial charge in [0.25, 0.3) is 5.91 Å². The van der Waals surface area contributed by atoms with Crippen LogP contribution >= 0.6 is 11.3 Å². The van der Waals surface area contributed by atoms with Crippen molar-refractivity contribution in [2.75, 3.05) is 19.5 Å². The molecule has 0 unspecified atom stereocenters. The first kappa shape index (κ1) is 20.1. The lowest BCUT2D eigenvalue weighted by atomic mass is 10.1. The molecule has 0 saturated carbocycles. The van der Waals surface area contributed by atoms with Crippen LogP contribution in [0.25, 0.3) is 0 Å². The number of benzene rings is 1. The maximum absolute atomic E-state index is 13.0. The Morgan fingerprint density at radius 2 is 2.10 bits per heavy atom. The fourth-order valence-corrected chi connectivity index (χ4v) is 5.67. The van der Waals surface area contributed by atoms with Crippen LogP contribution in [0.1, 0.15) is 28.0 Å². The minimum atomic E-state index is -4.11. The van der Waals surface area contributed by atoms with Gasteiger partial charge in [0.05, 0.1) is 18.4 Å². The van der Waals surface area contributed by atoms with E-state index in [2.05, 4.69) is 15.8 Å². The highest BCUT2D eigenvalue weighted by atomic mass is 32.2. The maximum atomic E-state index is 13.0. The number of para-hydroxylation sites is 1. The van der Waals surface area contributed by atoms with Crippen LogP contribution in [-0.4, -0.2) is 38.5 Å². The number of carbonyl (C=O) groups excluding carboxylic acids is 1. The molecule has 30 heavy (non-hydrogen) atoms. The van der Waals surface area contributed by atoms with Crippen LogP contribution in [0.2, 0.25) is 0 Å². The van der Waals surface area contributed by atoms with Crippen molar-refractivity contribution in [2.45, 2.75) is 19.3 Å². The Hall–Kier alpha value is -3.16. The molecule has 10 heteroatoms. The molecule has 1 aromatic carbocycles. The Kier molecular flexibility index (Phi) is 5.09. The fraction of sp³-hybridized carbons (Fsp3) is 0.250. The summed E-state index contributed by atoms with van der Waals surface area (Å²) in [5.41, 5.74) is 1.90. The number of carbonyl (C=O) groups is 1. The highest BCUT2D eigenvalue weighted by Gasteiger charge is 2.32. The highest BCUT2D eigenvalue weighted by Crippen LogP contribution is 2.39. The number of allylic oxidation sites excluding steroid dienone is 1. The van der Waals surface area contributed by atoms with Gasteiger partial charge in [-0.2, -0.15) is 13.7 Å². The van der Waals surface area contributed by atoms with Gasteiger partial charge < -0.3 is 10.1 Å². The molecule has 1 N–H and O–H groups in total. The molecule has 1 aliphatic carbocycles. The number of ether oxygens (including phenoxy) is 1. The standard InChI is InChI=1S/C20H18N4O4S2/c1-24-16(19(25)22-20-14(11-21)12-7-5-9-18(12)29-20)10-15(23-30(24,26)27)13-6-3-4-8-17(13)28-2/h3-4,6,8,10H,5,7,9H2,1-2H3,(H,22,25). The number of nitriles is 1. The number of anilines is 1. The summed E-state index contributed by atoms with van der Waals surface area (Å²) in [6.07, 6.45) is 4.09. The Bertz CT molecular complexity index is 1250. The summed E-state index contributed by atoms with van der Waals surface area (Å²) in [6, 6.07) is 9.00. The van der Waals surface area contributed by atoms with Crippen molar-refractivity contribution in [2.24, 2.45) is 4.40 Å². The van der Waals surface area contributed by atoms with E-state index in [9.17, 15) is 18.5 Å².